The lowest BCUT2D eigenvalue weighted by molar-refractivity contribution is 0.104. The van der Waals surface area contributed by atoms with Gasteiger partial charge in [0.2, 0.25) is 0 Å². The van der Waals surface area contributed by atoms with Gasteiger partial charge in [0, 0.05) is 25.1 Å². The molecule has 0 unspecified atom stereocenters. The Morgan fingerprint density at radius 1 is 0.862 bits per heavy atom. The van der Waals surface area contributed by atoms with E-state index in [2.05, 4.69) is 34.2 Å². The van der Waals surface area contributed by atoms with Crippen molar-refractivity contribution in [2.75, 3.05) is 7.11 Å². The Hall–Kier alpha value is -3.63. The number of ether oxygens (including phenoxy) is 1. The Labute approximate surface area is 169 Å². The molecule has 142 valence electrons. The predicted octanol–water partition coefficient (Wildman–Crippen LogP) is 5.34. The van der Waals surface area contributed by atoms with Crippen LogP contribution in [-0.4, -0.2) is 22.9 Å². The van der Waals surface area contributed by atoms with E-state index in [-0.39, 0.29) is 5.78 Å². The topological polar surface area (TPSA) is 52.1 Å². The molecule has 0 spiro atoms. The highest BCUT2D eigenvalue weighted by Crippen LogP contribution is 2.21. The zero-order valence-corrected chi connectivity index (χ0v) is 16.1. The number of aromatic nitrogens is 2. The monoisotopic (exact) mass is 380 g/mol. The largest absolute Gasteiger partial charge is 0.380 e. The first kappa shape index (κ1) is 18.7. The molecule has 0 radical (unpaired) electrons. The molecule has 0 aliphatic heterocycles. The summed E-state index contributed by atoms with van der Waals surface area (Å²) in [5.74, 6) is -0.0359. The third-order valence-electron chi connectivity index (χ3n) is 4.69. The molecule has 29 heavy (non-hydrogen) atoms. The zero-order chi connectivity index (χ0) is 20.1. The number of hydrogen-bond donors (Lipinski definition) is 0. The first-order chi connectivity index (χ1) is 14.2. The number of nitrogens with zero attached hydrogens (tertiary/aromatic N) is 2. The van der Waals surface area contributed by atoms with Crippen LogP contribution < -0.4 is 0 Å². The molecule has 4 rings (SSSR count). The number of fused-ring (bicyclic) bond motifs is 1. The van der Waals surface area contributed by atoms with Gasteiger partial charge in [0.25, 0.3) is 0 Å². The molecule has 0 N–H and O–H groups in total. The molecular weight excluding hydrogens is 360 g/mol. The van der Waals surface area contributed by atoms with Crippen LogP contribution in [0.3, 0.4) is 0 Å². The Balaban J connectivity index is 1.47. The molecule has 0 bridgehead atoms. The van der Waals surface area contributed by atoms with E-state index in [1.807, 2.05) is 42.5 Å². The average molecular weight is 380 g/mol. The van der Waals surface area contributed by atoms with Crippen LogP contribution in [0.1, 0.15) is 21.5 Å². The van der Waals surface area contributed by atoms with E-state index in [9.17, 15) is 4.79 Å². The van der Waals surface area contributed by atoms with Crippen LogP contribution in [0.4, 0.5) is 0 Å². The summed E-state index contributed by atoms with van der Waals surface area (Å²) in [6.45, 7) is 0.601. The minimum atomic E-state index is -0.0359. The first-order valence-electron chi connectivity index (χ1n) is 9.34. The van der Waals surface area contributed by atoms with Crippen LogP contribution in [-0.2, 0) is 11.3 Å². The number of carbonyl (C=O) groups is 1. The van der Waals surface area contributed by atoms with Gasteiger partial charge in [-0.25, -0.2) is 0 Å². The number of carbonyl (C=O) groups excluding carboxylic acids is 1. The molecule has 0 amide bonds. The highest BCUT2D eigenvalue weighted by Gasteiger charge is 2.04. The molecule has 1 aromatic heterocycles. The Bertz CT molecular complexity index is 1160. The summed E-state index contributed by atoms with van der Waals surface area (Å²) in [4.78, 5) is 21.1. The Morgan fingerprint density at radius 2 is 1.52 bits per heavy atom. The normalized spacial score (nSPS) is 11.2. The maximum Gasteiger partial charge on any atom is 0.185 e. The van der Waals surface area contributed by atoms with Gasteiger partial charge in [0.05, 0.1) is 17.6 Å². The molecule has 0 fully saturated rings. The lowest BCUT2D eigenvalue weighted by Crippen LogP contribution is -1.94. The van der Waals surface area contributed by atoms with E-state index >= 15 is 0 Å². The van der Waals surface area contributed by atoms with Crippen LogP contribution in [0.25, 0.3) is 28.2 Å². The minimum absolute atomic E-state index is 0.0359. The summed E-state index contributed by atoms with van der Waals surface area (Å²) in [5.41, 5.74) is 6.53. The predicted molar refractivity (Wildman–Crippen MR) is 115 cm³/mol. The van der Waals surface area contributed by atoms with Crippen molar-refractivity contribution in [1.29, 1.82) is 0 Å². The van der Waals surface area contributed by atoms with Gasteiger partial charge >= 0.3 is 0 Å². The third-order valence-corrected chi connectivity index (χ3v) is 4.69. The maximum atomic E-state index is 12.5. The van der Waals surface area contributed by atoms with Crippen molar-refractivity contribution in [2.45, 2.75) is 6.61 Å². The van der Waals surface area contributed by atoms with Gasteiger partial charge in [-0.05, 0) is 40.5 Å². The van der Waals surface area contributed by atoms with Crippen LogP contribution in [0.2, 0.25) is 0 Å². The van der Waals surface area contributed by atoms with Gasteiger partial charge in [-0.2, -0.15) is 0 Å². The number of methoxy groups -OCH3 is 1. The van der Waals surface area contributed by atoms with Gasteiger partial charge < -0.3 is 4.74 Å². The van der Waals surface area contributed by atoms with Crippen molar-refractivity contribution in [3.63, 3.8) is 0 Å². The molecule has 0 aliphatic carbocycles. The molecule has 0 atom stereocenters. The Morgan fingerprint density at radius 3 is 2.21 bits per heavy atom. The van der Waals surface area contributed by atoms with E-state index in [1.165, 1.54) is 0 Å². The van der Waals surface area contributed by atoms with E-state index in [0.29, 0.717) is 12.2 Å². The summed E-state index contributed by atoms with van der Waals surface area (Å²) in [6, 6.07) is 21.6. The fourth-order valence-electron chi connectivity index (χ4n) is 3.14. The van der Waals surface area contributed by atoms with Crippen LogP contribution in [0.15, 0.2) is 85.2 Å². The van der Waals surface area contributed by atoms with E-state index < -0.39 is 0 Å². The lowest BCUT2D eigenvalue weighted by Gasteiger charge is -2.05. The number of benzene rings is 3. The fraction of sp³-hybridized carbons (Fsp3) is 0.0800. The zero-order valence-electron chi connectivity index (χ0n) is 16.1. The van der Waals surface area contributed by atoms with E-state index in [0.717, 1.165) is 33.3 Å². The molecule has 1 heterocycles. The van der Waals surface area contributed by atoms with Crippen molar-refractivity contribution in [1.82, 2.24) is 9.97 Å². The van der Waals surface area contributed by atoms with Crippen molar-refractivity contribution >= 4 is 22.9 Å². The molecule has 0 aliphatic rings. The molecule has 4 aromatic rings. The highest BCUT2D eigenvalue weighted by atomic mass is 16.5. The van der Waals surface area contributed by atoms with Crippen LogP contribution >= 0.6 is 0 Å². The summed E-state index contributed by atoms with van der Waals surface area (Å²) in [7, 11) is 1.69. The number of rotatable bonds is 6. The summed E-state index contributed by atoms with van der Waals surface area (Å²) >= 11 is 0. The van der Waals surface area contributed by atoms with Crippen molar-refractivity contribution < 1.29 is 9.53 Å². The smallest absolute Gasteiger partial charge is 0.185 e. The lowest BCUT2D eigenvalue weighted by atomic mass is 10.0. The first-order valence-corrected chi connectivity index (χ1v) is 9.34. The van der Waals surface area contributed by atoms with Crippen molar-refractivity contribution in [3.8, 4) is 11.1 Å². The van der Waals surface area contributed by atoms with Crippen molar-refractivity contribution in [2.24, 2.45) is 0 Å². The fourth-order valence-corrected chi connectivity index (χ4v) is 3.14. The van der Waals surface area contributed by atoms with E-state index in [4.69, 9.17) is 4.74 Å². The number of ketones is 1. The van der Waals surface area contributed by atoms with Crippen LogP contribution in [0, 0.1) is 0 Å². The average Bonchev–Trinajstić information content (AvgIpc) is 2.78. The second kappa shape index (κ2) is 8.59. The second-order valence-electron chi connectivity index (χ2n) is 6.71. The van der Waals surface area contributed by atoms with Crippen LogP contribution in [0.5, 0.6) is 0 Å². The summed E-state index contributed by atoms with van der Waals surface area (Å²) < 4.78 is 5.14. The standard InChI is InChI=1S/C25H20N2O2/c1-29-17-19-2-6-20(7-3-19)21-8-10-22(11-9-21)25(28)13-5-18-4-12-23-24(16-18)27-15-14-26-23/h2-16H,17H2,1H3/b13-5+. The molecule has 4 heteroatoms. The quantitative estimate of drug-likeness (QED) is 0.335. The van der Waals surface area contributed by atoms with Gasteiger partial charge in [-0.1, -0.05) is 60.7 Å². The number of allylic oxidation sites excluding steroid dienone is 1. The molecular formula is C25H20N2O2. The maximum absolute atomic E-state index is 12.5. The molecule has 4 nitrogen and oxygen atoms in total. The summed E-state index contributed by atoms with van der Waals surface area (Å²) in [6.07, 6.45) is 6.72. The molecule has 0 saturated heterocycles. The SMILES string of the molecule is COCc1ccc(-c2ccc(C(=O)/C=C/c3ccc4nccnc4c3)cc2)cc1. The van der Waals surface area contributed by atoms with Gasteiger partial charge in [0.15, 0.2) is 5.78 Å². The number of hydrogen-bond acceptors (Lipinski definition) is 4. The second-order valence-corrected chi connectivity index (χ2v) is 6.71. The third kappa shape index (κ3) is 4.45. The van der Waals surface area contributed by atoms with Gasteiger partial charge in [-0.15, -0.1) is 0 Å². The molecule has 0 saturated carbocycles. The molecule has 3 aromatic carbocycles. The van der Waals surface area contributed by atoms with Gasteiger partial charge in [-0.3, -0.25) is 14.8 Å². The Kier molecular flexibility index (Phi) is 5.54. The van der Waals surface area contributed by atoms with Gasteiger partial charge in [0.1, 0.15) is 0 Å². The summed E-state index contributed by atoms with van der Waals surface area (Å²) in [5, 5.41) is 0. The minimum Gasteiger partial charge on any atom is -0.380 e. The van der Waals surface area contributed by atoms with E-state index in [1.54, 1.807) is 31.7 Å². The highest BCUT2D eigenvalue weighted by molar-refractivity contribution is 6.07. The van der Waals surface area contributed by atoms with Crippen molar-refractivity contribution in [3.05, 3.63) is 102 Å².